The monoisotopic (exact) mass is 332 g/mol. The smallest absolute Gasteiger partial charge is 0.302 e. The Morgan fingerprint density at radius 3 is 2.75 bits per heavy atom. The molecule has 1 aliphatic heterocycles. The number of esters is 1. The van der Waals surface area contributed by atoms with Gasteiger partial charge in [0.15, 0.2) is 0 Å². The largest absolute Gasteiger partial charge is 0.462 e. The van der Waals surface area contributed by atoms with Gasteiger partial charge >= 0.3 is 5.97 Å². The molecule has 0 aromatic carbocycles. The molecular formula is C20H28O4. The van der Waals surface area contributed by atoms with Gasteiger partial charge in [0.25, 0.3) is 0 Å². The maximum Gasteiger partial charge on any atom is 0.302 e. The molecule has 1 heterocycles. The molecule has 4 aliphatic carbocycles. The molecule has 2 unspecified atom stereocenters. The fraction of sp³-hybridized carbons (Fsp3) is 0.900. The number of ketones is 1. The number of hydrogen-bond acceptors (Lipinski definition) is 4. The van der Waals surface area contributed by atoms with Gasteiger partial charge in [-0.15, -0.1) is 0 Å². The van der Waals surface area contributed by atoms with Gasteiger partial charge in [-0.2, -0.15) is 0 Å². The molecule has 4 saturated carbocycles. The molecule has 4 heteroatoms. The SMILES string of the molecule is CC(=O)O[C@H]1CC[C@H]2[C@@H]3CCC45CC(=O)CCC4(O5)[C@H]3CC[C@]12C. The van der Waals surface area contributed by atoms with Crippen molar-refractivity contribution in [2.24, 2.45) is 23.2 Å². The lowest BCUT2D eigenvalue weighted by Gasteiger charge is -2.52. The number of rotatable bonds is 1. The Morgan fingerprint density at radius 2 is 1.96 bits per heavy atom. The molecule has 24 heavy (non-hydrogen) atoms. The summed E-state index contributed by atoms with van der Waals surface area (Å²) in [4.78, 5) is 23.5. The molecule has 0 aromatic heterocycles. The van der Waals surface area contributed by atoms with E-state index in [9.17, 15) is 9.59 Å². The van der Waals surface area contributed by atoms with Crippen molar-refractivity contribution in [2.45, 2.75) is 88.9 Å². The number of epoxide rings is 1. The molecule has 5 rings (SSSR count). The summed E-state index contributed by atoms with van der Waals surface area (Å²) in [6.07, 6.45) is 9.16. The Morgan fingerprint density at radius 1 is 1.12 bits per heavy atom. The fourth-order valence-corrected chi connectivity index (χ4v) is 7.48. The van der Waals surface area contributed by atoms with Crippen LogP contribution in [0, 0.1) is 23.2 Å². The summed E-state index contributed by atoms with van der Waals surface area (Å²) in [5, 5.41) is 0. The van der Waals surface area contributed by atoms with Gasteiger partial charge in [0, 0.05) is 25.2 Å². The topological polar surface area (TPSA) is 55.9 Å². The molecular weight excluding hydrogens is 304 g/mol. The molecule has 5 fully saturated rings. The van der Waals surface area contributed by atoms with Gasteiger partial charge in [0.2, 0.25) is 0 Å². The number of carbonyl (C=O) groups is 2. The normalized spacial score (nSPS) is 55.0. The average molecular weight is 332 g/mol. The molecule has 0 aromatic rings. The summed E-state index contributed by atoms with van der Waals surface area (Å²) < 4.78 is 12.1. The van der Waals surface area contributed by atoms with E-state index in [1.165, 1.54) is 26.2 Å². The van der Waals surface area contributed by atoms with E-state index >= 15 is 0 Å². The Labute approximate surface area is 143 Å². The highest BCUT2D eigenvalue weighted by atomic mass is 16.6. The first-order chi connectivity index (χ1) is 11.4. The van der Waals surface area contributed by atoms with Crippen LogP contribution in [-0.4, -0.2) is 29.1 Å². The summed E-state index contributed by atoms with van der Waals surface area (Å²) in [6.45, 7) is 3.89. The highest BCUT2D eigenvalue weighted by Gasteiger charge is 2.78. The molecule has 0 bridgehead atoms. The average Bonchev–Trinajstić information content (AvgIpc) is 3.11. The van der Waals surface area contributed by atoms with E-state index in [-0.39, 0.29) is 28.7 Å². The van der Waals surface area contributed by atoms with Gasteiger partial charge in [-0.25, -0.2) is 0 Å². The van der Waals surface area contributed by atoms with Gasteiger partial charge in [0.1, 0.15) is 23.1 Å². The summed E-state index contributed by atoms with van der Waals surface area (Å²) in [6, 6.07) is 0. The minimum Gasteiger partial charge on any atom is -0.462 e. The van der Waals surface area contributed by atoms with Crippen LogP contribution < -0.4 is 0 Å². The first-order valence-electron chi connectivity index (χ1n) is 9.79. The van der Waals surface area contributed by atoms with E-state index < -0.39 is 0 Å². The van der Waals surface area contributed by atoms with E-state index in [0.29, 0.717) is 36.4 Å². The zero-order valence-electron chi connectivity index (χ0n) is 14.8. The van der Waals surface area contributed by atoms with Crippen LogP contribution in [0.25, 0.3) is 0 Å². The van der Waals surface area contributed by atoms with Crippen LogP contribution in [0.3, 0.4) is 0 Å². The van der Waals surface area contributed by atoms with E-state index in [0.717, 1.165) is 25.7 Å². The van der Waals surface area contributed by atoms with Gasteiger partial charge in [-0.1, -0.05) is 6.92 Å². The fourth-order valence-electron chi connectivity index (χ4n) is 7.48. The van der Waals surface area contributed by atoms with Crippen LogP contribution in [0.4, 0.5) is 0 Å². The van der Waals surface area contributed by atoms with Crippen molar-refractivity contribution in [3.05, 3.63) is 0 Å². The molecule has 4 nitrogen and oxygen atoms in total. The second-order valence-electron chi connectivity index (χ2n) is 9.34. The molecule has 0 N–H and O–H groups in total. The van der Waals surface area contributed by atoms with Crippen LogP contribution in [0.15, 0.2) is 0 Å². The number of fused-ring (bicyclic) bond motifs is 3. The summed E-state index contributed by atoms with van der Waals surface area (Å²) in [5.74, 6) is 2.22. The highest BCUT2D eigenvalue weighted by molar-refractivity contribution is 5.82. The van der Waals surface area contributed by atoms with Crippen LogP contribution in [0.1, 0.15) is 71.6 Å². The second-order valence-corrected chi connectivity index (χ2v) is 9.34. The van der Waals surface area contributed by atoms with E-state index in [2.05, 4.69) is 6.92 Å². The number of Topliss-reactive ketones (excluding diaryl/α,β-unsaturated/α-hetero) is 1. The standard InChI is InChI=1S/C20H28O4/c1-12(21)23-17-4-3-15-14-6-9-19-11-13(22)5-10-20(19,24-19)16(14)7-8-18(15,17)2/h14-17H,3-11H2,1-2H3/t14-,15-,16-,17-,18-,19?,20?/m0/s1. The minimum absolute atomic E-state index is 0.0185. The molecule has 7 atom stereocenters. The quantitative estimate of drug-likeness (QED) is 0.545. The predicted octanol–water partition coefficient (Wildman–Crippen LogP) is 3.42. The van der Waals surface area contributed by atoms with Crippen molar-refractivity contribution >= 4 is 11.8 Å². The van der Waals surface area contributed by atoms with Crippen molar-refractivity contribution < 1.29 is 19.1 Å². The minimum atomic E-state index is -0.137. The lowest BCUT2D eigenvalue weighted by atomic mass is 9.50. The van der Waals surface area contributed by atoms with Gasteiger partial charge < -0.3 is 9.47 Å². The third-order valence-electron chi connectivity index (χ3n) is 8.50. The second kappa shape index (κ2) is 4.63. The Balaban J connectivity index is 1.42. The van der Waals surface area contributed by atoms with E-state index in [1.54, 1.807) is 0 Å². The van der Waals surface area contributed by atoms with Crippen molar-refractivity contribution in [1.82, 2.24) is 0 Å². The van der Waals surface area contributed by atoms with Crippen molar-refractivity contribution in [1.29, 1.82) is 0 Å². The van der Waals surface area contributed by atoms with Crippen LogP contribution >= 0.6 is 0 Å². The molecule has 0 spiro atoms. The molecule has 0 radical (unpaired) electrons. The lowest BCUT2D eigenvalue weighted by molar-refractivity contribution is -0.156. The Kier molecular flexibility index (Phi) is 2.96. The zero-order chi connectivity index (χ0) is 16.7. The molecule has 132 valence electrons. The third-order valence-corrected chi connectivity index (χ3v) is 8.50. The maximum atomic E-state index is 12.0. The van der Waals surface area contributed by atoms with Crippen molar-refractivity contribution in [3.63, 3.8) is 0 Å². The van der Waals surface area contributed by atoms with Crippen molar-refractivity contribution in [2.75, 3.05) is 0 Å². The molecule has 5 aliphatic rings. The van der Waals surface area contributed by atoms with Gasteiger partial charge in [-0.05, 0) is 62.7 Å². The van der Waals surface area contributed by atoms with E-state index in [4.69, 9.17) is 9.47 Å². The first kappa shape index (κ1) is 15.4. The van der Waals surface area contributed by atoms with Crippen LogP contribution in [-0.2, 0) is 19.1 Å². The maximum absolute atomic E-state index is 12.0. The highest BCUT2D eigenvalue weighted by Crippen LogP contribution is 2.73. The number of carbonyl (C=O) groups excluding carboxylic acids is 2. The van der Waals surface area contributed by atoms with Crippen LogP contribution in [0.2, 0.25) is 0 Å². The number of ether oxygens (including phenoxy) is 2. The molecule has 0 amide bonds. The summed E-state index contributed by atoms with van der Waals surface area (Å²) in [7, 11) is 0. The van der Waals surface area contributed by atoms with Gasteiger partial charge in [0.05, 0.1) is 0 Å². The predicted molar refractivity (Wildman–Crippen MR) is 87.2 cm³/mol. The summed E-state index contributed by atoms with van der Waals surface area (Å²) in [5.41, 5.74) is 0.0681. The van der Waals surface area contributed by atoms with Crippen LogP contribution in [0.5, 0.6) is 0 Å². The molecule has 1 saturated heterocycles. The first-order valence-corrected chi connectivity index (χ1v) is 9.79. The zero-order valence-corrected chi connectivity index (χ0v) is 14.8. The van der Waals surface area contributed by atoms with Crippen molar-refractivity contribution in [3.8, 4) is 0 Å². The Bertz CT molecular complexity index is 615. The Hall–Kier alpha value is -0.900. The summed E-state index contributed by atoms with van der Waals surface area (Å²) >= 11 is 0. The number of hydrogen-bond donors (Lipinski definition) is 0. The lowest BCUT2D eigenvalue weighted by Crippen LogP contribution is -2.54. The third kappa shape index (κ3) is 1.73. The van der Waals surface area contributed by atoms with E-state index in [1.807, 2.05) is 0 Å². The van der Waals surface area contributed by atoms with Gasteiger partial charge in [-0.3, -0.25) is 9.59 Å².